The van der Waals surface area contributed by atoms with Crippen LogP contribution in [-0.2, 0) is 20.7 Å². The third kappa shape index (κ3) is 6.21. The van der Waals surface area contributed by atoms with Crippen LogP contribution in [0.1, 0.15) is 51.7 Å². The standard InChI is InChI=1S/C24H33F2N3O4/c1-14-8-17(20(26)11-19(14)25)9-18(27-23(32)33-24(3,4)5)10-22(31)29-7-6-16-12-28(15(2)30)13-21(16)29/h8,11,16,18,21H,6-7,9-10,12-13H2,1-5H3,(H,27,32)/t16-,18+,21+/m0/s1. The first-order valence-corrected chi connectivity index (χ1v) is 11.3. The number of carbonyl (C=O) groups excluding carboxylic acids is 3. The fourth-order valence-electron chi connectivity index (χ4n) is 4.64. The highest BCUT2D eigenvalue weighted by molar-refractivity contribution is 5.79. The van der Waals surface area contributed by atoms with Gasteiger partial charge in [-0.2, -0.15) is 0 Å². The van der Waals surface area contributed by atoms with Crippen LogP contribution >= 0.6 is 0 Å². The van der Waals surface area contributed by atoms with Gasteiger partial charge >= 0.3 is 6.09 Å². The molecular formula is C24H33F2N3O4. The summed E-state index contributed by atoms with van der Waals surface area (Å²) in [6, 6.07) is 1.42. The van der Waals surface area contributed by atoms with Gasteiger partial charge in [-0.15, -0.1) is 0 Å². The smallest absolute Gasteiger partial charge is 0.407 e. The van der Waals surface area contributed by atoms with Gasteiger partial charge in [-0.3, -0.25) is 9.59 Å². The lowest BCUT2D eigenvalue weighted by atomic mass is 9.99. The van der Waals surface area contributed by atoms with Crippen LogP contribution in [0.5, 0.6) is 0 Å². The Kier molecular flexibility index (Phi) is 7.29. The van der Waals surface area contributed by atoms with E-state index >= 15 is 0 Å². The monoisotopic (exact) mass is 465 g/mol. The zero-order valence-electron chi connectivity index (χ0n) is 19.9. The summed E-state index contributed by atoms with van der Waals surface area (Å²) in [7, 11) is 0. The number of hydrogen-bond donors (Lipinski definition) is 1. The van der Waals surface area contributed by atoms with Gasteiger partial charge in [0.1, 0.15) is 17.2 Å². The van der Waals surface area contributed by atoms with Crippen LogP contribution in [0, 0.1) is 24.5 Å². The van der Waals surface area contributed by atoms with E-state index in [1.165, 1.54) is 19.9 Å². The van der Waals surface area contributed by atoms with Crippen LogP contribution in [-0.4, -0.2) is 65.0 Å². The minimum Gasteiger partial charge on any atom is -0.444 e. The fraction of sp³-hybridized carbons (Fsp3) is 0.625. The number of alkyl carbamates (subject to hydrolysis) is 1. The fourth-order valence-corrected chi connectivity index (χ4v) is 4.64. The molecule has 2 aliphatic heterocycles. The van der Waals surface area contributed by atoms with Crippen molar-refractivity contribution >= 4 is 17.9 Å². The second kappa shape index (κ2) is 9.65. The molecule has 0 bridgehead atoms. The molecule has 182 valence electrons. The Morgan fingerprint density at radius 2 is 1.88 bits per heavy atom. The van der Waals surface area contributed by atoms with E-state index in [1.54, 1.807) is 30.6 Å². The van der Waals surface area contributed by atoms with Gasteiger partial charge in [0.15, 0.2) is 0 Å². The second-order valence-corrected chi connectivity index (χ2v) is 10.1. The van der Waals surface area contributed by atoms with Gasteiger partial charge in [0.2, 0.25) is 11.8 Å². The van der Waals surface area contributed by atoms with Crippen LogP contribution < -0.4 is 5.32 Å². The molecule has 0 aromatic heterocycles. The van der Waals surface area contributed by atoms with Crippen molar-refractivity contribution in [2.75, 3.05) is 19.6 Å². The summed E-state index contributed by atoms with van der Waals surface area (Å²) in [6.45, 7) is 9.95. The minimum atomic E-state index is -0.740. The van der Waals surface area contributed by atoms with Crippen molar-refractivity contribution in [3.63, 3.8) is 0 Å². The van der Waals surface area contributed by atoms with Crippen molar-refractivity contribution in [2.24, 2.45) is 5.92 Å². The number of amides is 3. The van der Waals surface area contributed by atoms with E-state index in [0.29, 0.717) is 19.6 Å². The molecule has 3 amide bonds. The molecule has 0 radical (unpaired) electrons. The molecule has 0 unspecified atom stereocenters. The lowest BCUT2D eigenvalue weighted by Gasteiger charge is -2.28. The molecule has 0 aliphatic carbocycles. The van der Waals surface area contributed by atoms with Gasteiger partial charge < -0.3 is 19.9 Å². The second-order valence-electron chi connectivity index (χ2n) is 10.1. The number of nitrogens with zero attached hydrogens (tertiary/aromatic N) is 2. The van der Waals surface area contributed by atoms with Gasteiger partial charge in [0.05, 0.1) is 6.04 Å². The van der Waals surface area contributed by atoms with E-state index in [-0.39, 0.29) is 47.7 Å². The van der Waals surface area contributed by atoms with Crippen molar-refractivity contribution in [2.45, 2.75) is 71.6 Å². The molecule has 0 saturated carbocycles. The van der Waals surface area contributed by atoms with Gasteiger partial charge in [-0.05, 0) is 51.7 Å². The maximum atomic E-state index is 14.4. The number of benzene rings is 1. The normalized spacial score (nSPS) is 21.1. The van der Waals surface area contributed by atoms with Crippen LogP contribution in [0.3, 0.4) is 0 Å². The first-order chi connectivity index (χ1) is 15.3. The highest BCUT2D eigenvalue weighted by atomic mass is 19.1. The Bertz CT molecular complexity index is 931. The molecule has 1 aromatic rings. The highest BCUT2D eigenvalue weighted by Gasteiger charge is 2.44. The van der Waals surface area contributed by atoms with Gasteiger partial charge in [0, 0.05) is 51.0 Å². The minimum absolute atomic E-state index is 0.0107. The predicted molar refractivity (Wildman–Crippen MR) is 118 cm³/mol. The topological polar surface area (TPSA) is 79.0 Å². The van der Waals surface area contributed by atoms with Crippen molar-refractivity contribution in [3.05, 3.63) is 34.9 Å². The summed E-state index contributed by atoms with van der Waals surface area (Å²) in [6.07, 6.45) is 0.0657. The van der Waals surface area contributed by atoms with E-state index in [4.69, 9.17) is 4.74 Å². The van der Waals surface area contributed by atoms with Crippen molar-refractivity contribution in [1.82, 2.24) is 15.1 Å². The molecule has 3 atom stereocenters. The van der Waals surface area contributed by atoms with Crippen molar-refractivity contribution < 1.29 is 27.9 Å². The maximum absolute atomic E-state index is 14.4. The van der Waals surface area contributed by atoms with E-state index < -0.39 is 29.4 Å². The number of halogens is 2. The molecule has 2 fully saturated rings. The molecule has 2 heterocycles. The van der Waals surface area contributed by atoms with Gasteiger partial charge in [-0.1, -0.05) is 6.07 Å². The van der Waals surface area contributed by atoms with Crippen molar-refractivity contribution in [1.29, 1.82) is 0 Å². The summed E-state index contributed by atoms with van der Waals surface area (Å²) in [5.41, 5.74) is -0.240. The lowest BCUT2D eigenvalue weighted by Crippen LogP contribution is -2.46. The average Bonchev–Trinajstić information content (AvgIpc) is 3.25. The Morgan fingerprint density at radius 1 is 1.18 bits per heavy atom. The molecule has 33 heavy (non-hydrogen) atoms. The Labute approximate surface area is 193 Å². The van der Waals surface area contributed by atoms with E-state index in [2.05, 4.69) is 5.32 Å². The third-order valence-electron chi connectivity index (χ3n) is 6.25. The number of likely N-dealkylation sites (tertiary alicyclic amines) is 2. The zero-order valence-corrected chi connectivity index (χ0v) is 19.9. The molecule has 9 heteroatoms. The molecule has 2 aliphatic rings. The van der Waals surface area contributed by atoms with Gasteiger partial charge in [-0.25, -0.2) is 13.6 Å². The number of carbonyl (C=O) groups is 3. The quantitative estimate of drug-likeness (QED) is 0.725. The summed E-state index contributed by atoms with van der Waals surface area (Å²) in [5, 5.41) is 2.69. The Morgan fingerprint density at radius 3 is 2.52 bits per heavy atom. The summed E-state index contributed by atoms with van der Waals surface area (Å²) in [4.78, 5) is 40.9. The van der Waals surface area contributed by atoms with Crippen LogP contribution in [0.25, 0.3) is 0 Å². The predicted octanol–water partition coefficient (Wildman–Crippen LogP) is 3.18. The molecule has 7 nitrogen and oxygen atoms in total. The number of rotatable bonds is 5. The van der Waals surface area contributed by atoms with Crippen molar-refractivity contribution in [3.8, 4) is 0 Å². The van der Waals surface area contributed by atoms with E-state index in [1.807, 2.05) is 0 Å². The molecule has 0 spiro atoms. The highest BCUT2D eigenvalue weighted by Crippen LogP contribution is 2.32. The summed E-state index contributed by atoms with van der Waals surface area (Å²) >= 11 is 0. The zero-order chi connectivity index (χ0) is 24.5. The number of nitrogens with one attached hydrogen (secondary N) is 1. The molecule has 1 aromatic carbocycles. The summed E-state index contributed by atoms with van der Waals surface area (Å²) < 4.78 is 33.4. The lowest BCUT2D eigenvalue weighted by molar-refractivity contribution is -0.134. The Hall–Kier alpha value is -2.71. The Balaban J connectivity index is 1.75. The van der Waals surface area contributed by atoms with Crippen LogP contribution in [0.15, 0.2) is 12.1 Å². The number of fused-ring (bicyclic) bond motifs is 1. The van der Waals surface area contributed by atoms with E-state index in [9.17, 15) is 23.2 Å². The molecule has 3 rings (SSSR count). The SMILES string of the molecule is CC(=O)N1C[C@@H]2CCN(C(=O)C[C@@H](Cc3cc(C)c(F)cc3F)NC(=O)OC(C)(C)C)[C@@H]2C1. The van der Waals surface area contributed by atoms with Crippen LogP contribution in [0.2, 0.25) is 0 Å². The maximum Gasteiger partial charge on any atom is 0.407 e. The third-order valence-corrected chi connectivity index (χ3v) is 6.25. The molecule has 2 saturated heterocycles. The summed E-state index contributed by atoms with van der Waals surface area (Å²) in [5.74, 6) is -1.32. The molecular weight excluding hydrogens is 432 g/mol. The van der Waals surface area contributed by atoms with E-state index in [0.717, 1.165) is 12.5 Å². The largest absolute Gasteiger partial charge is 0.444 e. The number of hydrogen-bond acceptors (Lipinski definition) is 4. The first kappa shape index (κ1) is 24.9. The van der Waals surface area contributed by atoms with Crippen LogP contribution in [0.4, 0.5) is 13.6 Å². The number of aryl methyl sites for hydroxylation is 1. The first-order valence-electron chi connectivity index (χ1n) is 11.3. The average molecular weight is 466 g/mol. The molecule has 1 N–H and O–H groups in total. The number of ether oxygens (including phenoxy) is 1. The van der Waals surface area contributed by atoms with Gasteiger partial charge in [0.25, 0.3) is 0 Å².